The highest BCUT2D eigenvalue weighted by Crippen LogP contribution is 2.26. The summed E-state index contributed by atoms with van der Waals surface area (Å²) in [5.74, 6) is 0.0424. The molecule has 0 aliphatic carbocycles. The molecule has 0 saturated carbocycles. The molecule has 0 unspecified atom stereocenters. The molecule has 1 aliphatic rings. The van der Waals surface area contributed by atoms with E-state index in [1.807, 2.05) is 36.1 Å². The molecule has 1 aliphatic heterocycles. The van der Waals surface area contributed by atoms with E-state index in [9.17, 15) is 4.79 Å². The van der Waals surface area contributed by atoms with Crippen molar-refractivity contribution >= 4 is 40.4 Å². The Bertz CT molecular complexity index is 931. The van der Waals surface area contributed by atoms with Crippen molar-refractivity contribution in [1.29, 1.82) is 0 Å². The minimum absolute atomic E-state index is 0.0424. The van der Waals surface area contributed by atoms with Crippen molar-refractivity contribution in [2.45, 2.75) is 13.5 Å². The maximum absolute atomic E-state index is 12.5. The molecule has 0 spiro atoms. The van der Waals surface area contributed by atoms with Gasteiger partial charge >= 0.3 is 0 Å². The minimum Gasteiger partial charge on any atom is -0.335 e. The number of hydrogen-bond acceptors (Lipinski definition) is 7. The number of carbonyl (C=O) groups is 1. The summed E-state index contributed by atoms with van der Waals surface area (Å²) in [4.78, 5) is 22.2. The van der Waals surface area contributed by atoms with Gasteiger partial charge in [0.15, 0.2) is 0 Å². The number of benzene rings is 1. The Labute approximate surface area is 170 Å². The first kappa shape index (κ1) is 18.5. The highest BCUT2D eigenvalue weighted by molar-refractivity contribution is 7.13. The maximum Gasteiger partial charge on any atom is 0.267 e. The van der Waals surface area contributed by atoms with Gasteiger partial charge in [-0.15, -0.1) is 16.4 Å². The quantitative estimate of drug-likeness (QED) is 0.646. The van der Waals surface area contributed by atoms with Crippen molar-refractivity contribution in [3.63, 3.8) is 0 Å². The summed E-state index contributed by atoms with van der Waals surface area (Å²) in [6.45, 7) is 5.73. The van der Waals surface area contributed by atoms with Gasteiger partial charge in [-0.3, -0.25) is 9.69 Å². The van der Waals surface area contributed by atoms with Gasteiger partial charge in [-0.2, -0.15) is 0 Å². The predicted octanol–water partition coefficient (Wildman–Crippen LogP) is 3.58. The van der Waals surface area contributed by atoms with Gasteiger partial charge in [0.1, 0.15) is 9.88 Å². The van der Waals surface area contributed by atoms with Gasteiger partial charge in [-0.25, -0.2) is 4.98 Å². The molecule has 1 saturated heterocycles. The van der Waals surface area contributed by atoms with Crippen LogP contribution in [0.5, 0.6) is 0 Å². The van der Waals surface area contributed by atoms with Crippen LogP contribution in [0.25, 0.3) is 10.6 Å². The molecule has 140 valence electrons. The molecule has 1 amide bonds. The topological polar surface area (TPSA) is 62.2 Å². The Kier molecular flexibility index (Phi) is 5.49. The van der Waals surface area contributed by atoms with Crippen molar-refractivity contribution in [3.8, 4) is 10.6 Å². The third-order valence-electron chi connectivity index (χ3n) is 4.53. The molecule has 0 N–H and O–H groups in total. The highest BCUT2D eigenvalue weighted by Gasteiger charge is 2.25. The van der Waals surface area contributed by atoms with E-state index in [0.717, 1.165) is 40.9 Å². The molecule has 3 heterocycles. The lowest BCUT2D eigenvalue weighted by Gasteiger charge is -2.34. The van der Waals surface area contributed by atoms with Gasteiger partial charge in [0, 0.05) is 48.7 Å². The van der Waals surface area contributed by atoms with Gasteiger partial charge in [0.05, 0.1) is 11.4 Å². The summed E-state index contributed by atoms with van der Waals surface area (Å²) in [6, 6.07) is 7.75. The molecule has 6 nitrogen and oxygen atoms in total. The fourth-order valence-corrected chi connectivity index (χ4v) is 4.58. The van der Waals surface area contributed by atoms with Crippen molar-refractivity contribution in [2.75, 3.05) is 26.2 Å². The van der Waals surface area contributed by atoms with Crippen molar-refractivity contribution in [1.82, 2.24) is 24.4 Å². The summed E-state index contributed by atoms with van der Waals surface area (Å²) in [5.41, 5.74) is 2.86. The number of hydrogen-bond donors (Lipinski definition) is 0. The predicted molar refractivity (Wildman–Crippen MR) is 108 cm³/mol. The fourth-order valence-electron chi connectivity index (χ4n) is 3.01. The second-order valence-electron chi connectivity index (χ2n) is 6.41. The fraction of sp³-hybridized carbons (Fsp3) is 0.333. The number of aromatic nitrogens is 3. The number of nitrogens with zero attached hydrogens (tertiary/aromatic N) is 5. The zero-order valence-corrected chi connectivity index (χ0v) is 17.1. The van der Waals surface area contributed by atoms with Crippen molar-refractivity contribution < 1.29 is 4.79 Å². The minimum atomic E-state index is 0.0424. The molecule has 0 atom stereocenters. The number of thiazole rings is 1. The van der Waals surface area contributed by atoms with Crippen LogP contribution in [-0.4, -0.2) is 56.5 Å². The third-order valence-corrected chi connectivity index (χ3v) is 6.54. The van der Waals surface area contributed by atoms with Gasteiger partial charge in [0.25, 0.3) is 5.91 Å². The highest BCUT2D eigenvalue weighted by atomic mass is 35.5. The lowest BCUT2D eigenvalue weighted by atomic mass is 10.2. The van der Waals surface area contributed by atoms with E-state index < -0.39 is 0 Å². The molecule has 4 rings (SSSR count). The Morgan fingerprint density at radius 3 is 2.59 bits per heavy atom. The number of aryl methyl sites for hydroxylation is 1. The Morgan fingerprint density at radius 1 is 1.19 bits per heavy atom. The normalized spacial score (nSPS) is 15.3. The van der Waals surface area contributed by atoms with Crippen LogP contribution >= 0.6 is 34.5 Å². The third kappa shape index (κ3) is 4.19. The first-order valence-corrected chi connectivity index (χ1v) is 10.6. The molecule has 9 heteroatoms. The molecular formula is C18H18ClN5OS2. The first-order valence-electron chi connectivity index (χ1n) is 8.61. The Morgan fingerprint density at radius 2 is 1.93 bits per heavy atom. The summed E-state index contributed by atoms with van der Waals surface area (Å²) < 4.78 is 3.86. The largest absolute Gasteiger partial charge is 0.335 e. The summed E-state index contributed by atoms with van der Waals surface area (Å²) in [6.07, 6.45) is 0. The van der Waals surface area contributed by atoms with Crippen molar-refractivity contribution in [2.24, 2.45) is 0 Å². The van der Waals surface area contributed by atoms with Gasteiger partial charge in [-0.1, -0.05) is 28.2 Å². The van der Waals surface area contributed by atoms with Crippen LogP contribution < -0.4 is 0 Å². The van der Waals surface area contributed by atoms with Crippen LogP contribution in [0.15, 0.2) is 29.6 Å². The summed E-state index contributed by atoms with van der Waals surface area (Å²) >= 11 is 8.77. The first-order chi connectivity index (χ1) is 13.1. The second kappa shape index (κ2) is 8.02. The smallest absolute Gasteiger partial charge is 0.267 e. The monoisotopic (exact) mass is 419 g/mol. The van der Waals surface area contributed by atoms with Crippen LogP contribution in [0.4, 0.5) is 0 Å². The van der Waals surface area contributed by atoms with E-state index in [1.54, 1.807) is 11.3 Å². The second-order valence-corrected chi connectivity index (χ2v) is 8.46. The Hall–Kier alpha value is -1.87. The van der Waals surface area contributed by atoms with E-state index in [2.05, 4.69) is 19.9 Å². The SMILES string of the molecule is Cc1nnsc1C(=O)N1CCN(Cc2csc(-c3ccc(Cl)cc3)n2)CC1. The lowest BCUT2D eigenvalue weighted by Crippen LogP contribution is -2.48. The van der Waals surface area contributed by atoms with Crippen LogP contribution in [-0.2, 0) is 6.54 Å². The van der Waals surface area contributed by atoms with Crippen LogP contribution in [0.3, 0.4) is 0 Å². The van der Waals surface area contributed by atoms with Crippen LogP contribution in [0.1, 0.15) is 21.1 Å². The molecule has 27 heavy (non-hydrogen) atoms. The Balaban J connectivity index is 1.34. The maximum atomic E-state index is 12.5. The summed E-state index contributed by atoms with van der Waals surface area (Å²) in [5, 5.41) is 7.77. The standard InChI is InChI=1S/C18H18ClN5OS2/c1-12-16(27-22-21-12)18(25)24-8-6-23(7-9-24)10-15-11-26-17(20-15)13-2-4-14(19)5-3-13/h2-5,11H,6-10H2,1H3. The van der Waals surface area contributed by atoms with E-state index >= 15 is 0 Å². The van der Waals surface area contributed by atoms with Crippen molar-refractivity contribution in [3.05, 3.63) is 50.9 Å². The van der Waals surface area contributed by atoms with E-state index in [-0.39, 0.29) is 5.91 Å². The lowest BCUT2D eigenvalue weighted by molar-refractivity contribution is 0.0631. The molecule has 1 fully saturated rings. The zero-order valence-electron chi connectivity index (χ0n) is 14.8. The number of piperazine rings is 1. The van der Waals surface area contributed by atoms with E-state index in [1.165, 1.54) is 11.5 Å². The van der Waals surface area contributed by atoms with Gasteiger partial charge < -0.3 is 4.90 Å². The summed E-state index contributed by atoms with van der Waals surface area (Å²) in [7, 11) is 0. The molecular weight excluding hydrogens is 402 g/mol. The molecule has 0 radical (unpaired) electrons. The van der Waals surface area contributed by atoms with E-state index in [0.29, 0.717) is 23.7 Å². The van der Waals surface area contributed by atoms with Gasteiger partial charge in [-0.05, 0) is 30.6 Å². The molecule has 1 aromatic carbocycles. The van der Waals surface area contributed by atoms with Crippen LogP contribution in [0, 0.1) is 6.92 Å². The average molecular weight is 420 g/mol. The molecule has 2 aromatic heterocycles. The van der Waals surface area contributed by atoms with Gasteiger partial charge in [0.2, 0.25) is 0 Å². The zero-order chi connectivity index (χ0) is 18.8. The molecule has 3 aromatic rings. The molecule has 0 bridgehead atoms. The number of rotatable bonds is 4. The number of carbonyl (C=O) groups excluding carboxylic acids is 1. The van der Waals surface area contributed by atoms with E-state index in [4.69, 9.17) is 16.6 Å². The van der Waals surface area contributed by atoms with Crippen LogP contribution in [0.2, 0.25) is 5.02 Å². The number of halogens is 1. The average Bonchev–Trinajstić information content (AvgIpc) is 3.31. The number of amides is 1.